The number of aromatic nitrogens is 2. The van der Waals surface area contributed by atoms with Crippen molar-refractivity contribution in [2.75, 3.05) is 0 Å². The second-order valence-corrected chi connectivity index (χ2v) is 5.30. The molecule has 1 aromatic carbocycles. The third-order valence-electron chi connectivity index (χ3n) is 3.09. The fraction of sp³-hybridized carbons (Fsp3) is 0. The highest BCUT2D eigenvalue weighted by Crippen LogP contribution is 2.27. The maximum atomic E-state index is 5.83. The summed E-state index contributed by atoms with van der Waals surface area (Å²) in [6, 6.07) is 13.9. The molecule has 4 rings (SSSR count). The molecule has 0 unspecified atom stereocenters. The van der Waals surface area contributed by atoms with E-state index in [0.717, 1.165) is 32.5 Å². The van der Waals surface area contributed by atoms with E-state index >= 15 is 0 Å². The van der Waals surface area contributed by atoms with Crippen molar-refractivity contribution in [3.05, 3.63) is 59.3 Å². The molecule has 0 saturated heterocycles. The zero-order valence-corrected chi connectivity index (χ0v) is 11.5. The first-order chi connectivity index (χ1) is 9.29. The summed E-state index contributed by atoms with van der Waals surface area (Å²) in [5, 5.41) is 1.09. The van der Waals surface area contributed by atoms with E-state index in [2.05, 4.69) is 20.9 Å². The number of rotatable bonds is 1. The summed E-state index contributed by atoms with van der Waals surface area (Å²) in [6.07, 6.45) is 3.95. The van der Waals surface area contributed by atoms with Crippen LogP contribution in [0.3, 0.4) is 0 Å². The smallest absolute Gasteiger partial charge is 0.155 e. The highest BCUT2D eigenvalue weighted by molar-refractivity contribution is 9.10. The fourth-order valence-electron chi connectivity index (χ4n) is 2.19. The van der Waals surface area contributed by atoms with Crippen molar-refractivity contribution in [1.29, 1.82) is 0 Å². The molecule has 4 heteroatoms. The Labute approximate surface area is 117 Å². The average molecular weight is 313 g/mol. The van der Waals surface area contributed by atoms with E-state index in [1.54, 1.807) is 0 Å². The topological polar surface area (TPSA) is 30.4 Å². The number of para-hydroxylation sites is 1. The highest BCUT2D eigenvalue weighted by atomic mass is 79.9. The Morgan fingerprint density at radius 2 is 1.95 bits per heavy atom. The predicted molar refractivity (Wildman–Crippen MR) is 78.1 cm³/mol. The minimum Gasteiger partial charge on any atom is -0.454 e. The molecule has 0 atom stereocenters. The van der Waals surface area contributed by atoms with E-state index in [4.69, 9.17) is 4.42 Å². The predicted octanol–water partition coefficient (Wildman–Crippen LogP) is 4.51. The Kier molecular flexibility index (Phi) is 2.26. The first kappa shape index (κ1) is 10.8. The molecule has 0 fully saturated rings. The van der Waals surface area contributed by atoms with Crippen molar-refractivity contribution in [1.82, 2.24) is 9.38 Å². The largest absolute Gasteiger partial charge is 0.454 e. The SMILES string of the molecule is Brc1ccc2nc(-c3cc4ccccc4o3)cn2c1. The normalized spacial score (nSPS) is 11.4. The van der Waals surface area contributed by atoms with E-state index in [9.17, 15) is 0 Å². The van der Waals surface area contributed by atoms with Crippen molar-refractivity contribution < 1.29 is 4.42 Å². The lowest BCUT2D eigenvalue weighted by Crippen LogP contribution is -1.80. The van der Waals surface area contributed by atoms with Gasteiger partial charge in [-0.25, -0.2) is 4.98 Å². The zero-order valence-electron chi connectivity index (χ0n) is 9.88. The second kappa shape index (κ2) is 3.96. The van der Waals surface area contributed by atoms with Crippen LogP contribution in [0, 0.1) is 0 Å². The van der Waals surface area contributed by atoms with Gasteiger partial charge in [0.15, 0.2) is 5.76 Å². The number of hydrogen-bond acceptors (Lipinski definition) is 2. The molecular weight excluding hydrogens is 304 g/mol. The van der Waals surface area contributed by atoms with Gasteiger partial charge in [-0.2, -0.15) is 0 Å². The lowest BCUT2D eigenvalue weighted by molar-refractivity contribution is 0.629. The van der Waals surface area contributed by atoms with Crippen LogP contribution in [0.15, 0.2) is 63.7 Å². The van der Waals surface area contributed by atoms with Gasteiger partial charge >= 0.3 is 0 Å². The van der Waals surface area contributed by atoms with Gasteiger partial charge in [-0.15, -0.1) is 0 Å². The van der Waals surface area contributed by atoms with Crippen LogP contribution in [0.4, 0.5) is 0 Å². The summed E-state index contributed by atoms with van der Waals surface area (Å²) in [5.74, 6) is 0.793. The van der Waals surface area contributed by atoms with Crippen LogP contribution in [-0.2, 0) is 0 Å². The van der Waals surface area contributed by atoms with Crippen LogP contribution in [0.1, 0.15) is 0 Å². The lowest BCUT2D eigenvalue weighted by atomic mass is 10.2. The summed E-state index contributed by atoms with van der Waals surface area (Å²) in [5.41, 5.74) is 2.63. The minimum atomic E-state index is 0.793. The van der Waals surface area contributed by atoms with Crippen molar-refractivity contribution in [2.45, 2.75) is 0 Å². The molecule has 0 spiro atoms. The van der Waals surface area contributed by atoms with Crippen LogP contribution >= 0.6 is 15.9 Å². The maximum absolute atomic E-state index is 5.83. The van der Waals surface area contributed by atoms with Crippen LogP contribution in [0.2, 0.25) is 0 Å². The molecule has 0 saturated carbocycles. The standard InChI is InChI=1S/C15H9BrN2O/c16-11-5-6-15-17-12(9-18(15)8-11)14-7-10-3-1-2-4-13(10)19-14/h1-9H. The molecule has 0 aliphatic carbocycles. The third kappa shape index (κ3) is 1.76. The third-order valence-corrected chi connectivity index (χ3v) is 3.56. The summed E-state index contributed by atoms with van der Waals surface area (Å²) in [7, 11) is 0. The van der Waals surface area contributed by atoms with Crippen LogP contribution in [0.25, 0.3) is 28.1 Å². The number of fused-ring (bicyclic) bond motifs is 2. The number of benzene rings is 1. The Bertz CT molecular complexity index is 858. The molecule has 0 amide bonds. The zero-order chi connectivity index (χ0) is 12.8. The number of nitrogens with zero attached hydrogens (tertiary/aromatic N) is 2. The van der Waals surface area contributed by atoms with Gasteiger partial charge in [0.05, 0.1) is 0 Å². The van der Waals surface area contributed by atoms with Crippen molar-refractivity contribution in [2.24, 2.45) is 0 Å². The Morgan fingerprint density at radius 1 is 1.05 bits per heavy atom. The molecule has 3 aromatic heterocycles. The summed E-state index contributed by atoms with van der Waals surface area (Å²) >= 11 is 3.45. The Balaban J connectivity index is 1.93. The van der Waals surface area contributed by atoms with Crippen molar-refractivity contribution in [3.63, 3.8) is 0 Å². The molecule has 3 heterocycles. The van der Waals surface area contributed by atoms with Crippen LogP contribution in [-0.4, -0.2) is 9.38 Å². The molecule has 0 aliphatic heterocycles. The van der Waals surface area contributed by atoms with E-state index < -0.39 is 0 Å². The summed E-state index contributed by atoms with van der Waals surface area (Å²) < 4.78 is 8.83. The Hall–Kier alpha value is -2.07. The first-order valence-corrected chi connectivity index (χ1v) is 6.72. The quantitative estimate of drug-likeness (QED) is 0.517. The van der Waals surface area contributed by atoms with Gasteiger partial charge in [-0.3, -0.25) is 0 Å². The molecule has 0 aliphatic rings. The molecule has 92 valence electrons. The molecule has 3 nitrogen and oxygen atoms in total. The number of imidazole rings is 1. The van der Waals surface area contributed by atoms with Crippen LogP contribution in [0.5, 0.6) is 0 Å². The number of furan rings is 1. The monoisotopic (exact) mass is 312 g/mol. The molecule has 0 bridgehead atoms. The molecular formula is C15H9BrN2O. The number of hydrogen-bond donors (Lipinski definition) is 0. The van der Waals surface area contributed by atoms with Gasteiger partial charge < -0.3 is 8.82 Å². The van der Waals surface area contributed by atoms with E-state index in [1.165, 1.54) is 0 Å². The number of halogens is 1. The average Bonchev–Trinajstić information content (AvgIpc) is 3.00. The lowest BCUT2D eigenvalue weighted by Gasteiger charge is -1.91. The van der Waals surface area contributed by atoms with Gasteiger partial charge in [0.2, 0.25) is 0 Å². The molecule has 4 aromatic rings. The van der Waals surface area contributed by atoms with E-state index in [-0.39, 0.29) is 0 Å². The van der Waals surface area contributed by atoms with Gasteiger partial charge in [-0.1, -0.05) is 18.2 Å². The van der Waals surface area contributed by atoms with E-state index in [0.29, 0.717) is 0 Å². The molecule has 0 radical (unpaired) electrons. The summed E-state index contributed by atoms with van der Waals surface area (Å²) in [6.45, 7) is 0. The van der Waals surface area contributed by atoms with E-state index in [1.807, 2.05) is 59.3 Å². The number of pyridine rings is 1. The first-order valence-electron chi connectivity index (χ1n) is 5.93. The van der Waals surface area contributed by atoms with Crippen molar-refractivity contribution in [3.8, 4) is 11.5 Å². The second-order valence-electron chi connectivity index (χ2n) is 4.39. The van der Waals surface area contributed by atoms with Crippen molar-refractivity contribution >= 4 is 32.5 Å². The van der Waals surface area contributed by atoms with Gasteiger partial charge in [0.1, 0.15) is 16.9 Å². The van der Waals surface area contributed by atoms with Gasteiger partial charge in [0, 0.05) is 22.3 Å². The highest BCUT2D eigenvalue weighted by Gasteiger charge is 2.09. The summed E-state index contributed by atoms with van der Waals surface area (Å²) in [4.78, 5) is 4.57. The Morgan fingerprint density at radius 3 is 2.84 bits per heavy atom. The molecule has 19 heavy (non-hydrogen) atoms. The van der Waals surface area contributed by atoms with Gasteiger partial charge in [0.25, 0.3) is 0 Å². The molecule has 0 N–H and O–H groups in total. The fourth-order valence-corrected chi connectivity index (χ4v) is 2.54. The van der Waals surface area contributed by atoms with Crippen LogP contribution < -0.4 is 0 Å². The minimum absolute atomic E-state index is 0.793. The maximum Gasteiger partial charge on any atom is 0.155 e. The van der Waals surface area contributed by atoms with Gasteiger partial charge in [-0.05, 0) is 40.2 Å².